The number of ether oxygens (including phenoxy) is 3. The number of hydrogen-bond donors (Lipinski definition) is 0. The van der Waals surface area contributed by atoms with Crippen molar-refractivity contribution >= 4 is 39.1 Å². The SMILES string of the molecule is Cc1ccc(S(=O)(=O)OCCOCCOCCOc2ccc3nc(C=Cc4ccc(N(C)C)cc4)oc3c2)cc1. The van der Waals surface area contributed by atoms with Gasteiger partial charge in [0.2, 0.25) is 5.89 Å². The normalized spacial score (nSPS) is 11.9. The molecule has 0 bridgehead atoms. The number of fused-ring (bicyclic) bond motifs is 1. The van der Waals surface area contributed by atoms with Crippen LogP contribution in [0.1, 0.15) is 17.0 Å². The van der Waals surface area contributed by atoms with E-state index in [1.165, 1.54) is 12.1 Å². The first kappa shape index (κ1) is 29.3. The molecule has 0 spiro atoms. The van der Waals surface area contributed by atoms with Gasteiger partial charge in [0.1, 0.15) is 17.9 Å². The maximum absolute atomic E-state index is 12.1. The first-order chi connectivity index (χ1) is 19.3. The molecule has 0 aliphatic rings. The third kappa shape index (κ3) is 8.65. The molecule has 4 rings (SSSR count). The molecule has 1 aromatic heterocycles. The summed E-state index contributed by atoms with van der Waals surface area (Å²) in [5, 5.41) is 0. The molecule has 0 radical (unpaired) electrons. The molecule has 0 unspecified atom stereocenters. The fraction of sp³-hybridized carbons (Fsp3) is 0.300. The van der Waals surface area contributed by atoms with Gasteiger partial charge in [-0.2, -0.15) is 8.42 Å². The van der Waals surface area contributed by atoms with Crippen molar-refractivity contribution in [1.29, 1.82) is 0 Å². The number of aromatic nitrogens is 1. The average Bonchev–Trinajstić information content (AvgIpc) is 3.35. The highest BCUT2D eigenvalue weighted by molar-refractivity contribution is 7.86. The summed E-state index contributed by atoms with van der Waals surface area (Å²) < 4.78 is 51.7. The lowest BCUT2D eigenvalue weighted by atomic mass is 10.2. The van der Waals surface area contributed by atoms with E-state index in [9.17, 15) is 8.42 Å². The van der Waals surface area contributed by atoms with Crippen LogP contribution in [0.15, 0.2) is 76.0 Å². The van der Waals surface area contributed by atoms with Gasteiger partial charge in [-0.05, 0) is 55.0 Å². The van der Waals surface area contributed by atoms with E-state index in [1.54, 1.807) is 18.2 Å². The molecule has 0 amide bonds. The van der Waals surface area contributed by atoms with Crippen LogP contribution in [0.5, 0.6) is 5.75 Å². The molecule has 0 atom stereocenters. The number of aryl methyl sites for hydroxylation is 1. The largest absolute Gasteiger partial charge is 0.491 e. The zero-order chi connectivity index (χ0) is 28.4. The second-order valence-electron chi connectivity index (χ2n) is 9.16. The molecular weight excluding hydrogens is 532 g/mol. The number of nitrogens with zero attached hydrogens (tertiary/aromatic N) is 2. The summed E-state index contributed by atoms with van der Waals surface area (Å²) >= 11 is 0. The van der Waals surface area contributed by atoms with Crippen molar-refractivity contribution in [2.45, 2.75) is 11.8 Å². The van der Waals surface area contributed by atoms with E-state index in [-0.39, 0.29) is 18.1 Å². The molecule has 1 heterocycles. The Kier molecular flexibility index (Phi) is 10.3. The van der Waals surface area contributed by atoms with Gasteiger partial charge in [-0.3, -0.25) is 4.18 Å². The molecule has 3 aromatic carbocycles. The van der Waals surface area contributed by atoms with Gasteiger partial charge in [-0.15, -0.1) is 0 Å². The van der Waals surface area contributed by atoms with E-state index in [0.717, 1.165) is 22.3 Å². The van der Waals surface area contributed by atoms with Crippen LogP contribution in [0.3, 0.4) is 0 Å². The van der Waals surface area contributed by atoms with Crippen molar-refractivity contribution in [3.63, 3.8) is 0 Å². The van der Waals surface area contributed by atoms with Crippen molar-refractivity contribution in [2.24, 2.45) is 0 Å². The topological polar surface area (TPSA) is 100 Å². The number of anilines is 1. The van der Waals surface area contributed by atoms with Crippen LogP contribution in [0, 0.1) is 6.92 Å². The van der Waals surface area contributed by atoms with Crippen LogP contribution < -0.4 is 9.64 Å². The van der Waals surface area contributed by atoms with Gasteiger partial charge in [0.15, 0.2) is 5.58 Å². The van der Waals surface area contributed by atoms with Crippen molar-refractivity contribution in [3.8, 4) is 5.75 Å². The van der Waals surface area contributed by atoms with Crippen molar-refractivity contribution in [2.75, 3.05) is 58.6 Å². The highest BCUT2D eigenvalue weighted by atomic mass is 32.2. The molecule has 9 nitrogen and oxygen atoms in total. The molecule has 0 fully saturated rings. The van der Waals surface area contributed by atoms with Crippen LogP contribution in [-0.4, -0.2) is 67.1 Å². The number of oxazole rings is 1. The highest BCUT2D eigenvalue weighted by Gasteiger charge is 2.14. The maximum Gasteiger partial charge on any atom is 0.297 e. The average molecular weight is 567 g/mol. The number of hydrogen-bond acceptors (Lipinski definition) is 9. The quantitative estimate of drug-likeness (QED) is 0.142. The summed E-state index contributed by atoms with van der Waals surface area (Å²) in [6.07, 6.45) is 3.80. The third-order valence-corrected chi connectivity index (χ3v) is 7.17. The standard InChI is InChI=1S/C30H34N2O7S/c1-23-4-12-27(13-5-23)40(33,34)38-21-19-36-17-16-35-18-20-37-26-11-14-28-29(22-26)39-30(31-28)15-8-24-6-9-25(10-7-24)32(2)3/h4-15,22H,16-21H2,1-3H3. The van der Waals surface area contributed by atoms with Gasteiger partial charge in [-0.25, -0.2) is 4.98 Å². The van der Waals surface area contributed by atoms with Gasteiger partial charge < -0.3 is 23.5 Å². The summed E-state index contributed by atoms with van der Waals surface area (Å²) in [6.45, 7) is 3.35. The molecule has 212 valence electrons. The second kappa shape index (κ2) is 14.1. The molecule has 4 aromatic rings. The lowest BCUT2D eigenvalue weighted by Gasteiger charge is -2.11. The third-order valence-electron chi connectivity index (χ3n) is 5.85. The minimum Gasteiger partial charge on any atom is -0.491 e. The molecule has 40 heavy (non-hydrogen) atoms. The lowest BCUT2D eigenvalue weighted by molar-refractivity contribution is 0.0279. The fourth-order valence-corrected chi connectivity index (χ4v) is 4.54. The highest BCUT2D eigenvalue weighted by Crippen LogP contribution is 2.23. The Balaban J connectivity index is 1.11. The van der Waals surface area contributed by atoms with Crippen LogP contribution in [0.2, 0.25) is 0 Å². The minimum absolute atomic E-state index is 0.0647. The lowest BCUT2D eigenvalue weighted by Crippen LogP contribution is -2.14. The Morgan fingerprint density at radius 3 is 2.20 bits per heavy atom. The van der Waals surface area contributed by atoms with Crippen molar-refractivity contribution in [3.05, 3.63) is 83.7 Å². The summed E-state index contributed by atoms with van der Waals surface area (Å²) in [5.74, 6) is 1.18. The Morgan fingerprint density at radius 2 is 1.50 bits per heavy atom. The summed E-state index contributed by atoms with van der Waals surface area (Å²) in [7, 11) is 0.237. The van der Waals surface area contributed by atoms with E-state index in [1.807, 2.05) is 57.4 Å². The summed E-state index contributed by atoms with van der Waals surface area (Å²) in [5.41, 5.74) is 4.56. The van der Waals surface area contributed by atoms with Crippen molar-refractivity contribution in [1.82, 2.24) is 4.98 Å². The molecule has 0 N–H and O–H groups in total. The van der Waals surface area contributed by atoms with Gasteiger partial charge in [0, 0.05) is 31.9 Å². The van der Waals surface area contributed by atoms with E-state index < -0.39 is 10.1 Å². The Bertz CT molecular complexity index is 1500. The first-order valence-electron chi connectivity index (χ1n) is 12.9. The Labute approximate surface area is 235 Å². The molecular formula is C30H34N2O7S. The summed E-state index contributed by atoms with van der Waals surface area (Å²) in [6, 6.07) is 20.2. The molecule has 0 aliphatic carbocycles. The van der Waals surface area contributed by atoms with Crippen molar-refractivity contribution < 1.29 is 31.2 Å². The number of benzene rings is 3. The number of rotatable bonds is 15. The molecule has 0 saturated heterocycles. The van der Waals surface area contributed by atoms with Gasteiger partial charge in [0.25, 0.3) is 10.1 Å². The van der Waals surface area contributed by atoms with E-state index in [0.29, 0.717) is 43.7 Å². The minimum atomic E-state index is -3.78. The smallest absolute Gasteiger partial charge is 0.297 e. The van der Waals surface area contributed by atoms with Gasteiger partial charge >= 0.3 is 0 Å². The van der Waals surface area contributed by atoms with Crippen LogP contribution in [-0.2, 0) is 23.8 Å². The fourth-order valence-electron chi connectivity index (χ4n) is 3.65. The van der Waals surface area contributed by atoms with Gasteiger partial charge in [-0.1, -0.05) is 29.8 Å². The van der Waals surface area contributed by atoms with Crippen LogP contribution in [0.4, 0.5) is 5.69 Å². The second-order valence-corrected chi connectivity index (χ2v) is 10.8. The Morgan fingerprint density at radius 1 is 0.825 bits per heavy atom. The van der Waals surface area contributed by atoms with Crippen LogP contribution >= 0.6 is 0 Å². The zero-order valence-corrected chi connectivity index (χ0v) is 23.7. The molecule has 0 saturated carbocycles. The summed E-state index contributed by atoms with van der Waals surface area (Å²) in [4.78, 5) is 6.68. The van der Waals surface area contributed by atoms with E-state index >= 15 is 0 Å². The van der Waals surface area contributed by atoms with Crippen LogP contribution in [0.25, 0.3) is 23.3 Å². The predicted octanol–water partition coefficient (Wildman–Crippen LogP) is 5.19. The molecule has 10 heteroatoms. The first-order valence-corrected chi connectivity index (χ1v) is 14.3. The van der Waals surface area contributed by atoms with Gasteiger partial charge in [0.05, 0.1) is 37.9 Å². The monoisotopic (exact) mass is 566 g/mol. The molecule has 0 aliphatic heterocycles. The Hall–Kier alpha value is -3.70. The maximum atomic E-state index is 12.1. The zero-order valence-electron chi connectivity index (χ0n) is 22.9. The predicted molar refractivity (Wildman–Crippen MR) is 155 cm³/mol. The van der Waals surface area contributed by atoms with E-state index in [4.69, 9.17) is 22.8 Å². The van der Waals surface area contributed by atoms with E-state index in [2.05, 4.69) is 22.0 Å².